The molecule has 0 atom stereocenters. The number of aliphatic imine (C=N–C) groups is 1. The molecule has 0 unspecified atom stereocenters. The van der Waals surface area contributed by atoms with Crippen LogP contribution in [0.5, 0.6) is 0 Å². The van der Waals surface area contributed by atoms with Crippen LogP contribution >= 0.6 is 24.0 Å². The van der Waals surface area contributed by atoms with Crippen molar-refractivity contribution in [3.63, 3.8) is 0 Å². The zero-order valence-electron chi connectivity index (χ0n) is 15.2. The fourth-order valence-corrected chi connectivity index (χ4v) is 2.51. The second kappa shape index (κ2) is 10.0. The van der Waals surface area contributed by atoms with Gasteiger partial charge >= 0.3 is 0 Å². The molecule has 142 valence electrons. The van der Waals surface area contributed by atoms with Crippen molar-refractivity contribution in [2.75, 3.05) is 7.05 Å². The van der Waals surface area contributed by atoms with Crippen LogP contribution in [0.25, 0.3) is 11.4 Å². The van der Waals surface area contributed by atoms with Crippen LogP contribution in [0.3, 0.4) is 0 Å². The van der Waals surface area contributed by atoms with Crippen LogP contribution in [0.1, 0.15) is 16.7 Å². The SMILES string of the molecule is CN=C(NCc1cccc(-c2ncn[nH]2)c1)NCc1ccc(C)c(F)c1.I. The van der Waals surface area contributed by atoms with Crippen LogP contribution < -0.4 is 10.6 Å². The van der Waals surface area contributed by atoms with Crippen molar-refractivity contribution < 1.29 is 4.39 Å². The summed E-state index contributed by atoms with van der Waals surface area (Å²) in [7, 11) is 1.70. The molecule has 8 heteroatoms. The van der Waals surface area contributed by atoms with Crippen molar-refractivity contribution in [1.29, 1.82) is 0 Å². The van der Waals surface area contributed by atoms with E-state index in [2.05, 4.69) is 30.8 Å². The standard InChI is InChI=1S/C19H21FN6.HI/c1-13-6-7-15(9-17(13)20)11-23-19(21-2)22-10-14-4-3-5-16(8-14)18-24-12-25-26-18;/h3-9,12H,10-11H2,1-2H3,(H2,21,22,23)(H,24,25,26);1H. The van der Waals surface area contributed by atoms with Crippen LogP contribution in [0.15, 0.2) is 53.8 Å². The molecule has 0 aliphatic rings. The summed E-state index contributed by atoms with van der Waals surface area (Å²) in [6.45, 7) is 2.85. The first-order valence-corrected chi connectivity index (χ1v) is 8.30. The molecule has 0 radical (unpaired) electrons. The van der Waals surface area contributed by atoms with Gasteiger partial charge in [-0.15, -0.1) is 24.0 Å². The number of H-pyrrole nitrogens is 1. The number of nitrogens with zero attached hydrogens (tertiary/aromatic N) is 3. The Morgan fingerprint density at radius 3 is 2.48 bits per heavy atom. The normalized spacial score (nSPS) is 11.0. The zero-order valence-corrected chi connectivity index (χ0v) is 17.5. The van der Waals surface area contributed by atoms with E-state index in [9.17, 15) is 4.39 Å². The highest BCUT2D eigenvalue weighted by molar-refractivity contribution is 14.0. The Kier molecular flexibility index (Phi) is 7.71. The molecule has 0 amide bonds. The minimum absolute atomic E-state index is 0. The molecule has 3 rings (SSSR count). The topological polar surface area (TPSA) is 78.0 Å². The molecule has 3 aromatic rings. The highest BCUT2D eigenvalue weighted by Crippen LogP contribution is 2.15. The van der Waals surface area contributed by atoms with Crippen LogP contribution in [-0.4, -0.2) is 28.2 Å². The molecule has 2 aromatic carbocycles. The van der Waals surface area contributed by atoms with E-state index in [1.807, 2.05) is 30.3 Å². The van der Waals surface area contributed by atoms with E-state index in [0.29, 0.717) is 24.6 Å². The lowest BCUT2D eigenvalue weighted by atomic mass is 10.1. The largest absolute Gasteiger partial charge is 0.352 e. The third kappa shape index (κ3) is 5.75. The molecule has 3 N–H and O–H groups in total. The summed E-state index contributed by atoms with van der Waals surface area (Å²) in [5, 5.41) is 13.2. The summed E-state index contributed by atoms with van der Waals surface area (Å²) in [6, 6.07) is 13.2. The van der Waals surface area contributed by atoms with E-state index in [0.717, 1.165) is 22.5 Å². The minimum atomic E-state index is -0.198. The number of hydrogen-bond donors (Lipinski definition) is 3. The average molecular weight is 480 g/mol. The van der Waals surface area contributed by atoms with Gasteiger partial charge in [-0.25, -0.2) is 9.37 Å². The fourth-order valence-electron chi connectivity index (χ4n) is 2.51. The van der Waals surface area contributed by atoms with Crippen molar-refractivity contribution in [2.45, 2.75) is 20.0 Å². The minimum Gasteiger partial charge on any atom is -0.352 e. The average Bonchev–Trinajstić information content (AvgIpc) is 3.20. The number of benzene rings is 2. The molecule has 1 aromatic heterocycles. The molecule has 0 spiro atoms. The van der Waals surface area contributed by atoms with E-state index in [-0.39, 0.29) is 29.8 Å². The maximum atomic E-state index is 13.6. The number of aromatic nitrogens is 3. The van der Waals surface area contributed by atoms with Crippen molar-refractivity contribution in [1.82, 2.24) is 25.8 Å². The lowest BCUT2D eigenvalue weighted by molar-refractivity contribution is 0.615. The quantitative estimate of drug-likeness (QED) is 0.297. The third-order valence-electron chi connectivity index (χ3n) is 4.00. The number of aryl methyl sites for hydroxylation is 1. The molecule has 0 saturated carbocycles. The van der Waals surface area contributed by atoms with Gasteiger partial charge in [-0.3, -0.25) is 10.1 Å². The maximum Gasteiger partial charge on any atom is 0.191 e. The highest BCUT2D eigenvalue weighted by Gasteiger charge is 2.04. The fraction of sp³-hybridized carbons (Fsp3) is 0.211. The number of rotatable bonds is 5. The van der Waals surface area contributed by atoms with Crippen LogP contribution in [0, 0.1) is 12.7 Å². The molecule has 0 fully saturated rings. The smallest absolute Gasteiger partial charge is 0.191 e. The molecule has 0 aliphatic heterocycles. The predicted molar refractivity (Wildman–Crippen MR) is 115 cm³/mol. The molecule has 0 bridgehead atoms. The van der Waals surface area contributed by atoms with E-state index >= 15 is 0 Å². The van der Waals surface area contributed by atoms with Crippen molar-refractivity contribution in [3.05, 3.63) is 71.3 Å². The summed E-state index contributed by atoms with van der Waals surface area (Å²) < 4.78 is 13.6. The first-order valence-electron chi connectivity index (χ1n) is 8.30. The van der Waals surface area contributed by atoms with Gasteiger partial charge in [-0.1, -0.05) is 30.3 Å². The van der Waals surface area contributed by atoms with Crippen molar-refractivity contribution in [2.24, 2.45) is 4.99 Å². The first-order chi connectivity index (χ1) is 12.7. The number of halogens is 2. The van der Waals surface area contributed by atoms with Gasteiger partial charge in [0.15, 0.2) is 11.8 Å². The van der Waals surface area contributed by atoms with E-state index in [1.165, 1.54) is 12.4 Å². The molecule has 0 aliphatic carbocycles. The zero-order chi connectivity index (χ0) is 18.4. The van der Waals surface area contributed by atoms with Crippen LogP contribution in [0.2, 0.25) is 0 Å². The molecular formula is C19H22FIN6. The van der Waals surface area contributed by atoms with Crippen LogP contribution in [-0.2, 0) is 13.1 Å². The predicted octanol–water partition coefficient (Wildman–Crippen LogP) is 3.40. The van der Waals surface area contributed by atoms with Gasteiger partial charge in [0.1, 0.15) is 12.1 Å². The molecule has 27 heavy (non-hydrogen) atoms. The van der Waals surface area contributed by atoms with Gasteiger partial charge in [0.25, 0.3) is 0 Å². The third-order valence-corrected chi connectivity index (χ3v) is 4.00. The number of aromatic amines is 1. The second-order valence-corrected chi connectivity index (χ2v) is 5.90. The molecule has 6 nitrogen and oxygen atoms in total. The summed E-state index contributed by atoms with van der Waals surface area (Å²) >= 11 is 0. The number of nitrogens with one attached hydrogen (secondary N) is 3. The van der Waals surface area contributed by atoms with Gasteiger partial charge in [-0.05, 0) is 35.7 Å². The summed E-state index contributed by atoms with van der Waals surface area (Å²) in [4.78, 5) is 8.36. The Hall–Kier alpha value is -2.49. The van der Waals surface area contributed by atoms with E-state index in [4.69, 9.17) is 0 Å². The maximum absolute atomic E-state index is 13.6. The van der Waals surface area contributed by atoms with E-state index in [1.54, 1.807) is 20.0 Å². The van der Waals surface area contributed by atoms with Crippen LogP contribution in [0.4, 0.5) is 4.39 Å². The van der Waals surface area contributed by atoms with Gasteiger partial charge < -0.3 is 10.6 Å². The van der Waals surface area contributed by atoms with Gasteiger partial charge in [0.2, 0.25) is 0 Å². The Bertz CT molecular complexity index is 895. The van der Waals surface area contributed by atoms with Gasteiger partial charge in [0.05, 0.1) is 0 Å². The lowest BCUT2D eigenvalue weighted by Gasteiger charge is -2.13. The Balaban J connectivity index is 0.00000261. The first kappa shape index (κ1) is 20.8. The lowest BCUT2D eigenvalue weighted by Crippen LogP contribution is -2.36. The Morgan fingerprint density at radius 1 is 1.11 bits per heavy atom. The summed E-state index contributed by atoms with van der Waals surface area (Å²) in [5.41, 5.74) is 3.56. The summed E-state index contributed by atoms with van der Waals surface area (Å²) in [6.07, 6.45) is 1.49. The van der Waals surface area contributed by atoms with E-state index < -0.39 is 0 Å². The van der Waals surface area contributed by atoms with Crippen molar-refractivity contribution in [3.8, 4) is 11.4 Å². The Labute approximate surface area is 174 Å². The molecular weight excluding hydrogens is 458 g/mol. The van der Waals surface area contributed by atoms with Gasteiger partial charge in [-0.2, -0.15) is 5.10 Å². The number of guanidine groups is 1. The number of hydrogen-bond acceptors (Lipinski definition) is 3. The molecule has 0 saturated heterocycles. The molecule has 1 heterocycles. The summed E-state index contributed by atoms with van der Waals surface area (Å²) in [5.74, 6) is 1.18. The Morgan fingerprint density at radius 2 is 1.85 bits per heavy atom. The monoisotopic (exact) mass is 480 g/mol. The van der Waals surface area contributed by atoms with Crippen molar-refractivity contribution >= 4 is 29.9 Å². The second-order valence-electron chi connectivity index (χ2n) is 5.90. The van der Waals surface area contributed by atoms with Gasteiger partial charge in [0, 0.05) is 25.7 Å². The highest BCUT2D eigenvalue weighted by atomic mass is 127.